The molecule has 1 aliphatic carbocycles. The van der Waals surface area contributed by atoms with Crippen molar-refractivity contribution >= 4 is 0 Å². The van der Waals surface area contributed by atoms with Crippen LogP contribution in [0.1, 0.15) is 56.5 Å². The highest BCUT2D eigenvalue weighted by Crippen LogP contribution is 2.28. The van der Waals surface area contributed by atoms with Crippen molar-refractivity contribution in [3.05, 3.63) is 29.7 Å². The Morgan fingerprint density at radius 2 is 1.92 bits per heavy atom. The molecule has 2 aliphatic rings. The average molecular weight is 347 g/mol. The Kier molecular flexibility index (Phi) is 6.54. The van der Waals surface area contributed by atoms with Crippen LogP contribution in [-0.4, -0.2) is 58.9 Å². The van der Waals surface area contributed by atoms with E-state index in [1.165, 1.54) is 43.5 Å². The normalized spacial score (nSPS) is 20.2. The summed E-state index contributed by atoms with van der Waals surface area (Å²) in [6.07, 6.45) is 6.62. The van der Waals surface area contributed by atoms with Gasteiger partial charge in [0.1, 0.15) is 0 Å². The van der Waals surface area contributed by atoms with Crippen molar-refractivity contribution in [3.8, 4) is 0 Å². The zero-order valence-electron chi connectivity index (χ0n) is 16.0. The Morgan fingerprint density at radius 3 is 2.60 bits per heavy atom. The number of ether oxygens (including phenoxy) is 1. The van der Waals surface area contributed by atoms with E-state index >= 15 is 0 Å². The Balaban J connectivity index is 1.37. The first-order valence-corrected chi connectivity index (χ1v) is 9.89. The van der Waals surface area contributed by atoms with Crippen LogP contribution in [0.3, 0.4) is 0 Å². The number of aryl methyl sites for hydroxylation is 1. The lowest BCUT2D eigenvalue weighted by molar-refractivity contribution is 0.0734. The minimum absolute atomic E-state index is 0.604. The van der Waals surface area contributed by atoms with Gasteiger partial charge in [-0.3, -0.25) is 9.58 Å². The van der Waals surface area contributed by atoms with E-state index in [1.807, 2.05) is 0 Å². The molecule has 0 aromatic carbocycles. The number of hydrogen-bond acceptors (Lipinski definition) is 4. The molecule has 0 atom stereocenters. The number of piperazine rings is 1. The third kappa shape index (κ3) is 5.08. The van der Waals surface area contributed by atoms with Crippen LogP contribution >= 0.6 is 0 Å². The second kappa shape index (κ2) is 8.86. The van der Waals surface area contributed by atoms with Crippen LogP contribution in [0.15, 0.2) is 18.3 Å². The van der Waals surface area contributed by atoms with E-state index in [-0.39, 0.29) is 0 Å². The van der Waals surface area contributed by atoms with E-state index in [2.05, 4.69) is 41.0 Å². The van der Waals surface area contributed by atoms with Crippen LogP contribution in [-0.2, 0) is 11.3 Å². The first-order valence-electron chi connectivity index (χ1n) is 9.89. The maximum atomic E-state index is 5.90. The molecule has 0 bridgehead atoms. The Hall–Kier alpha value is -1.33. The summed E-state index contributed by atoms with van der Waals surface area (Å²) in [5.41, 5.74) is 3.54. The molecule has 3 rings (SSSR count). The lowest BCUT2D eigenvalue weighted by atomic mass is 9.95. The summed E-state index contributed by atoms with van der Waals surface area (Å²) in [6, 6.07) is 2.80. The molecular weight excluding hydrogens is 312 g/mol. The molecule has 25 heavy (non-hydrogen) atoms. The average Bonchev–Trinajstić information content (AvgIpc) is 3.00. The summed E-state index contributed by atoms with van der Waals surface area (Å²) in [6.45, 7) is 15.1. The monoisotopic (exact) mass is 346 g/mol. The fourth-order valence-electron chi connectivity index (χ4n) is 4.04. The van der Waals surface area contributed by atoms with Crippen molar-refractivity contribution in [2.75, 3.05) is 39.3 Å². The molecule has 0 unspecified atom stereocenters. The van der Waals surface area contributed by atoms with Crippen molar-refractivity contribution < 1.29 is 4.74 Å². The molecule has 0 radical (unpaired) electrons. The first-order chi connectivity index (χ1) is 12.1. The molecule has 5 heteroatoms. The Bertz CT molecular complexity index is 554. The standard InChI is InChI=1S/C20H34N4O/c1-17(2)23-11-9-22(10-12-23)13-14-25-16-19-15-18(3)24(21-19)20-7-5-4-6-8-20/h15,20H,1,4-14,16H2,2-3H3. The molecule has 2 fully saturated rings. The first kappa shape index (κ1) is 18.5. The van der Waals surface area contributed by atoms with Crippen molar-refractivity contribution in [1.29, 1.82) is 0 Å². The van der Waals surface area contributed by atoms with E-state index in [9.17, 15) is 0 Å². The van der Waals surface area contributed by atoms with Gasteiger partial charge in [-0.15, -0.1) is 0 Å². The molecule has 1 saturated heterocycles. The van der Waals surface area contributed by atoms with E-state index in [0.717, 1.165) is 45.0 Å². The van der Waals surface area contributed by atoms with Crippen molar-refractivity contribution in [1.82, 2.24) is 19.6 Å². The van der Waals surface area contributed by atoms with E-state index in [4.69, 9.17) is 9.84 Å². The minimum atomic E-state index is 0.604. The van der Waals surface area contributed by atoms with Gasteiger partial charge in [-0.05, 0) is 32.8 Å². The van der Waals surface area contributed by atoms with Crippen LogP contribution in [0.2, 0.25) is 0 Å². The summed E-state index contributed by atoms with van der Waals surface area (Å²) in [7, 11) is 0. The molecule has 0 N–H and O–H groups in total. The molecule has 2 heterocycles. The van der Waals surface area contributed by atoms with Crippen LogP contribution in [0.25, 0.3) is 0 Å². The lowest BCUT2D eigenvalue weighted by Gasteiger charge is -2.36. The summed E-state index contributed by atoms with van der Waals surface area (Å²) >= 11 is 0. The second-order valence-electron chi connectivity index (χ2n) is 7.63. The van der Waals surface area contributed by atoms with E-state index in [1.54, 1.807) is 0 Å². The Morgan fingerprint density at radius 1 is 1.20 bits per heavy atom. The number of aromatic nitrogens is 2. The van der Waals surface area contributed by atoms with Gasteiger partial charge < -0.3 is 9.64 Å². The number of hydrogen-bond donors (Lipinski definition) is 0. The molecule has 1 aromatic rings. The van der Waals surface area contributed by atoms with Gasteiger partial charge in [-0.25, -0.2) is 0 Å². The third-order valence-electron chi connectivity index (χ3n) is 5.61. The van der Waals surface area contributed by atoms with Crippen LogP contribution in [0.5, 0.6) is 0 Å². The number of nitrogens with zero attached hydrogens (tertiary/aromatic N) is 4. The van der Waals surface area contributed by atoms with Gasteiger partial charge in [0.05, 0.1) is 24.9 Å². The SMILES string of the molecule is C=C(C)N1CCN(CCOCc2cc(C)n(C3CCCCC3)n2)CC1. The lowest BCUT2D eigenvalue weighted by Crippen LogP contribution is -2.46. The van der Waals surface area contributed by atoms with Gasteiger partial charge in [0.15, 0.2) is 0 Å². The maximum absolute atomic E-state index is 5.90. The van der Waals surface area contributed by atoms with Gasteiger partial charge in [0, 0.05) is 44.1 Å². The van der Waals surface area contributed by atoms with Crippen LogP contribution in [0, 0.1) is 6.92 Å². The quantitative estimate of drug-likeness (QED) is 0.709. The number of rotatable bonds is 7. The zero-order valence-corrected chi connectivity index (χ0v) is 16.0. The van der Waals surface area contributed by atoms with Crippen LogP contribution in [0.4, 0.5) is 0 Å². The second-order valence-corrected chi connectivity index (χ2v) is 7.63. The predicted molar refractivity (Wildman–Crippen MR) is 102 cm³/mol. The summed E-state index contributed by atoms with van der Waals surface area (Å²) in [4.78, 5) is 4.84. The molecular formula is C20H34N4O. The Labute approximate surface area is 152 Å². The smallest absolute Gasteiger partial charge is 0.0907 e. The van der Waals surface area contributed by atoms with Gasteiger partial charge in [0.2, 0.25) is 0 Å². The summed E-state index contributed by atoms with van der Waals surface area (Å²) < 4.78 is 8.15. The third-order valence-corrected chi connectivity index (χ3v) is 5.61. The van der Waals surface area contributed by atoms with Crippen molar-refractivity contribution in [3.63, 3.8) is 0 Å². The number of allylic oxidation sites excluding steroid dienone is 1. The molecule has 140 valence electrons. The topological polar surface area (TPSA) is 33.5 Å². The molecule has 1 saturated carbocycles. The molecule has 1 aliphatic heterocycles. The fourth-order valence-corrected chi connectivity index (χ4v) is 4.04. The van der Waals surface area contributed by atoms with Gasteiger partial charge in [-0.1, -0.05) is 25.8 Å². The van der Waals surface area contributed by atoms with Gasteiger partial charge in [-0.2, -0.15) is 5.10 Å². The highest BCUT2D eigenvalue weighted by Gasteiger charge is 2.19. The van der Waals surface area contributed by atoms with E-state index in [0.29, 0.717) is 12.6 Å². The molecule has 1 aromatic heterocycles. The largest absolute Gasteiger partial charge is 0.374 e. The minimum Gasteiger partial charge on any atom is -0.374 e. The highest BCUT2D eigenvalue weighted by atomic mass is 16.5. The molecule has 0 amide bonds. The van der Waals surface area contributed by atoms with Gasteiger partial charge in [0.25, 0.3) is 0 Å². The fraction of sp³-hybridized carbons (Fsp3) is 0.750. The highest BCUT2D eigenvalue weighted by molar-refractivity contribution is 5.09. The van der Waals surface area contributed by atoms with Crippen molar-refractivity contribution in [2.45, 2.75) is 58.6 Å². The van der Waals surface area contributed by atoms with Gasteiger partial charge >= 0.3 is 0 Å². The molecule has 0 spiro atoms. The summed E-state index contributed by atoms with van der Waals surface area (Å²) in [5.74, 6) is 0. The van der Waals surface area contributed by atoms with E-state index < -0.39 is 0 Å². The maximum Gasteiger partial charge on any atom is 0.0907 e. The zero-order chi connectivity index (χ0) is 17.6. The molecule has 5 nitrogen and oxygen atoms in total. The summed E-state index contributed by atoms with van der Waals surface area (Å²) in [5, 5.41) is 4.81. The van der Waals surface area contributed by atoms with Crippen molar-refractivity contribution in [2.24, 2.45) is 0 Å². The van der Waals surface area contributed by atoms with Crippen LogP contribution < -0.4 is 0 Å². The predicted octanol–water partition coefficient (Wildman–Crippen LogP) is 3.36.